The maximum atomic E-state index is 12.1. The Morgan fingerprint density at radius 2 is 2.22 bits per heavy atom. The quantitative estimate of drug-likeness (QED) is 0.756. The number of carbonyl (C=O) groups is 2. The zero-order valence-corrected chi connectivity index (χ0v) is 9.85. The lowest BCUT2D eigenvalue weighted by molar-refractivity contribution is -0.121. The minimum atomic E-state index is -1.08. The van der Waals surface area contributed by atoms with Gasteiger partial charge in [0.05, 0.1) is 0 Å². The highest BCUT2D eigenvalue weighted by molar-refractivity contribution is 5.93. The number of amides is 1. The van der Waals surface area contributed by atoms with Crippen LogP contribution >= 0.6 is 0 Å². The van der Waals surface area contributed by atoms with Crippen LogP contribution in [0.5, 0.6) is 0 Å². The first-order valence-electron chi connectivity index (χ1n) is 6.23. The van der Waals surface area contributed by atoms with Gasteiger partial charge in [0.1, 0.15) is 5.69 Å². The Morgan fingerprint density at radius 1 is 1.39 bits per heavy atom. The van der Waals surface area contributed by atoms with Crippen LogP contribution in [0.25, 0.3) is 0 Å². The second-order valence-corrected chi connectivity index (χ2v) is 5.24. The summed E-state index contributed by atoms with van der Waals surface area (Å²) in [6.45, 7) is 0. The van der Waals surface area contributed by atoms with E-state index in [4.69, 9.17) is 5.11 Å². The molecule has 3 unspecified atom stereocenters. The fourth-order valence-corrected chi connectivity index (χ4v) is 3.28. The van der Waals surface area contributed by atoms with E-state index in [0.29, 0.717) is 17.7 Å². The minimum absolute atomic E-state index is 0.0155. The van der Waals surface area contributed by atoms with E-state index in [9.17, 15) is 9.59 Å². The van der Waals surface area contributed by atoms with E-state index in [1.807, 2.05) is 0 Å². The molecule has 0 radical (unpaired) electrons. The Labute approximate surface area is 104 Å². The van der Waals surface area contributed by atoms with Gasteiger partial charge in [-0.3, -0.25) is 9.89 Å². The fourth-order valence-electron chi connectivity index (χ4n) is 3.28. The highest BCUT2D eigenvalue weighted by Gasteiger charge is 2.43. The number of fused-ring (bicyclic) bond motifs is 2. The molecular formula is C12H15N3O3. The molecular weight excluding hydrogens is 234 g/mol. The van der Waals surface area contributed by atoms with Gasteiger partial charge in [0, 0.05) is 12.0 Å². The van der Waals surface area contributed by atoms with E-state index in [1.54, 1.807) is 0 Å². The number of nitrogens with zero attached hydrogens (tertiary/aromatic N) is 1. The number of aromatic nitrogens is 2. The first-order valence-corrected chi connectivity index (χ1v) is 6.23. The number of carboxylic acid groups (broad SMARTS) is 1. The maximum Gasteiger partial charge on any atom is 0.353 e. The first kappa shape index (κ1) is 11.3. The lowest BCUT2D eigenvalue weighted by Crippen LogP contribution is -2.27. The molecule has 18 heavy (non-hydrogen) atoms. The lowest BCUT2D eigenvalue weighted by atomic mass is 9.88. The molecule has 1 aromatic rings. The highest BCUT2D eigenvalue weighted by Crippen LogP contribution is 2.48. The Morgan fingerprint density at radius 3 is 2.78 bits per heavy atom. The fraction of sp³-hybridized carbons (Fsp3) is 0.583. The Bertz CT molecular complexity index is 497. The molecule has 2 saturated carbocycles. The molecule has 0 saturated heterocycles. The van der Waals surface area contributed by atoms with Gasteiger partial charge in [0.25, 0.3) is 0 Å². The van der Waals surface area contributed by atoms with Gasteiger partial charge in [-0.1, -0.05) is 6.42 Å². The molecule has 2 bridgehead atoms. The third-order valence-electron chi connectivity index (χ3n) is 4.13. The summed E-state index contributed by atoms with van der Waals surface area (Å²) in [5, 5.41) is 17.6. The number of aromatic amines is 1. The number of rotatable bonds is 3. The van der Waals surface area contributed by atoms with E-state index < -0.39 is 5.97 Å². The third kappa shape index (κ3) is 1.87. The highest BCUT2D eigenvalue weighted by atomic mass is 16.4. The topological polar surface area (TPSA) is 95.1 Å². The molecule has 2 aliphatic carbocycles. The Kier molecular flexibility index (Phi) is 2.57. The van der Waals surface area contributed by atoms with Crippen molar-refractivity contribution < 1.29 is 14.7 Å². The molecule has 2 aliphatic rings. The van der Waals surface area contributed by atoms with Crippen molar-refractivity contribution in [1.29, 1.82) is 0 Å². The summed E-state index contributed by atoms with van der Waals surface area (Å²) in [5.41, 5.74) is -0.0155. The van der Waals surface area contributed by atoms with E-state index in [1.165, 1.54) is 18.9 Å². The zero-order valence-electron chi connectivity index (χ0n) is 9.85. The normalized spacial score (nSPS) is 29.4. The molecule has 96 valence electrons. The van der Waals surface area contributed by atoms with E-state index in [2.05, 4.69) is 15.5 Å². The number of nitrogens with one attached hydrogen (secondary N) is 2. The summed E-state index contributed by atoms with van der Waals surface area (Å²) >= 11 is 0. The van der Waals surface area contributed by atoms with Crippen LogP contribution in [0.2, 0.25) is 0 Å². The van der Waals surface area contributed by atoms with Crippen molar-refractivity contribution in [3.05, 3.63) is 11.8 Å². The van der Waals surface area contributed by atoms with Gasteiger partial charge in [-0.05, 0) is 31.1 Å². The molecule has 6 heteroatoms. The van der Waals surface area contributed by atoms with Crippen LogP contribution in [0.3, 0.4) is 0 Å². The molecule has 3 rings (SSSR count). The molecule has 0 spiro atoms. The summed E-state index contributed by atoms with van der Waals surface area (Å²) in [7, 11) is 0. The van der Waals surface area contributed by atoms with Crippen molar-refractivity contribution in [2.45, 2.75) is 25.7 Å². The molecule has 3 N–H and O–H groups in total. The summed E-state index contributed by atoms with van der Waals surface area (Å²) < 4.78 is 0. The van der Waals surface area contributed by atoms with Crippen LogP contribution in [0, 0.1) is 17.8 Å². The summed E-state index contributed by atoms with van der Waals surface area (Å²) in [4.78, 5) is 22.7. The second-order valence-electron chi connectivity index (χ2n) is 5.24. The van der Waals surface area contributed by atoms with Gasteiger partial charge in [-0.25, -0.2) is 4.79 Å². The van der Waals surface area contributed by atoms with E-state index >= 15 is 0 Å². The predicted octanol–water partition coefficient (Wildman–Crippen LogP) is 1.48. The van der Waals surface area contributed by atoms with Gasteiger partial charge in [0.15, 0.2) is 5.82 Å². The predicted molar refractivity (Wildman–Crippen MR) is 63.1 cm³/mol. The minimum Gasteiger partial charge on any atom is -0.477 e. The van der Waals surface area contributed by atoms with Crippen LogP contribution in [-0.4, -0.2) is 27.2 Å². The second kappa shape index (κ2) is 4.12. The maximum absolute atomic E-state index is 12.1. The summed E-state index contributed by atoms with van der Waals surface area (Å²) in [5.74, 6) is 0.481. The summed E-state index contributed by atoms with van der Waals surface area (Å²) in [6, 6.07) is 1.34. The number of aromatic carboxylic acids is 1. The molecule has 1 heterocycles. The van der Waals surface area contributed by atoms with Gasteiger partial charge in [-0.15, -0.1) is 0 Å². The first-order chi connectivity index (χ1) is 8.63. The zero-order chi connectivity index (χ0) is 12.7. The van der Waals surface area contributed by atoms with Crippen LogP contribution in [0.1, 0.15) is 36.2 Å². The van der Waals surface area contributed by atoms with E-state index in [0.717, 1.165) is 12.8 Å². The molecule has 1 amide bonds. The smallest absolute Gasteiger partial charge is 0.353 e. The van der Waals surface area contributed by atoms with Crippen LogP contribution in [0.15, 0.2) is 6.07 Å². The molecule has 0 aliphatic heterocycles. The molecule has 1 aromatic heterocycles. The summed E-state index contributed by atoms with van der Waals surface area (Å²) in [6.07, 6.45) is 4.52. The Hall–Kier alpha value is -1.85. The SMILES string of the molecule is O=C(O)c1cc(NC(=O)C2CC3CCC2C3)n[nH]1. The van der Waals surface area contributed by atoms with Crippen molar-refractivity contribution in [2.75, 3.05) is 5.32 Å². The van der Waals surface area contributed by atoms with Crippen molar-refractivity contribution in [3.8, 4) is 0 Å². The molecule has 3 atom stereocenters. The number of hydrogen-bond donors (Lipinski definition) is 3. The monoisotopic (exact) mass is 249 g/mol. The Balaban J connectivity index is 1.65. The van der Waals surface area contributed by atoms with Crippen molar-refractivity contribution in [3.63, 3.8) is 0 Å². The molecule has 6 nitrogen and oxygen atoms in total. The lowest BCUT2D eigenvalue weighted by Gasteiger charge is -2.19. The van der Waals surface area contributed by atoms with Crippen molar-refractivity contribution >= 4 is 17.7 Å². The van der Waals surface area contributed by atoms with Gasteiger partial charge >= 0.3 is 5.97 Å². The largest absolute Gasteiger partial charge is 0.477 e. The van der Waals surface area contributed by atoms with Gasteiger partial charge < -0.3 is 10.4 Å². The molecule has 0 aromatic carbocycles. The van der Waals surface area contributed by atoms with Crippen LogP contribution in [0.4, 0.5) is 5.82 Å². The van der Waals surface area contributed by atoms with Crippen molar-refractivity contribution in [2.24, 2.45) is 17.8 Å². The average Bonchev–Trinajstić information content (AvgIpc) is 3.03. The van der Waals surface area contributed by atoms with Crippen molar-refractivity contribution in [1.82, 2.24) is 10.2 Å². The number of H-pyrrole nitrogens is 1. The number of carboxylic acids is 1. The van der Waals surface area contributed by atoms with Crippen LogP contribution in [-0.2, 0) is 4.79 Å². The number of hydrogen-bond acceptors (Lipinski definition) is 3. The number of anilines is 1. The standard InChI is InChI=1S/C12H15N3O3/c16-11(8-4-6-1-2-7(8)3-6)13-10-5-9(12(17)18)14-15-10/h5-8H,1-4H2,(H,17,18)(H2,13,14,15,16). The van der Waals surface area contributed by atoms with Gasteiger partial charge in [0.2, 0.25) is 5.91 Å². The third-order valence-corrected chi connectivity index (χ3v) is 4.13. The molecule has 2 fully saturated rings. The van der Waals surface area contributed by atoms with Gasteiger partial charge in [-0.2, -0.15) is 5.10 Å². The average molecular weight is 249 g/mol. The van der Waals surface area contributed by atoms with E-state index in [-0.39, 0.29) is 17.5 Å². The van der Waals surface area contributed by atoms with Crippen LogP contribution < -0.4 is 5.32 Å². The number of carbonyl (C=O) groups excluding carboxylic acids is 1.